The van der Waals surface area contributed by atoms with Gasteiger partial charge in [-0.3, -0.25) is 0 Å². The van der Waals surface area contributed by atoms with E-state index in [-0.39, 0.29) is 10.8 Å². The lowest BCUT2D eigenvalue weighted by molar-refractivity contribution is 0.405. The van der Waals surface area contributed by atoms with Crippen molar-refractivity contribution in [1.29, 1.82) is 0 Å². The van der Waals surface area contributed by atoms with E-state index in [0.717, 1.165) is 6.42 Å². The molecule has 0 heterocycles. The van der Waals surface area contributed by atoms with Gasteiger partial charge in [-0.25, -0.2) is 0 Å². The summed E-state index contributed by atoms with van der Waals surface area (Å²) >= 11 is 0. The van der Waals surface area contributed by atoms with Gasteiger partial charge in [0.05, 0.1) is 0 Å². The molecule has 0 aromatic heterocycles. The van der Waals surface area contributed by atoms with Crippen LogP contribution in [0.3, 0.4) is 0 Å². The highest BCUT2D eigenvalue weighted by molar-refractivity contribution is 5.31. The molecule has 0 aliphatic heterocycles. The highest BCUT2D eigenvalue weighted by Crippen LogP contribution is 2.30. The first-order valence-electron chi connectivity index (χ1n) is 6.95. The van der Waals surface area contributed by atoms with Crippen molar-refractivity contribution >= 4 is 0 Å². The van der Waals surface area contributed by atoms with Crippen molar-refractivity contribution in [1.82, 2.24) is 5.32 Å². The molecule has 1 rings (SSSR count). The second-order valence-corrected chi connectivity index (χ2v) is 7.11. The van der Waals surface area contributed by atoms with E-state index in [1.165, 1.54) is 11.1 Å². The molecule has 1 heteroatoms. The molecule has 0 fully saturated rings. The van der Waals surface area contributed by atoms with Gasteiger partial charge in [0.15, 0.2) is 0 Å². The first kappa shape index (κ1) is 15.2. The zero-order valence-corrected chi connectivity index (χ0v) is 13.1. The van der Waals surface area contributed by atoms with Crippen LogP contribution >= 0.6 is 0 Å². The Morgan fingerprint density at radius 1 is 0.944 bits per heavy atom. The van der Waals surface area contributed by atoms with Gasteiger partial charge in [-0.15, -0.1) is 0 Å². The minimum Gasteiger partial charge on any atom is -0.317 e. The monoisotopic (exact) mass is 247 g/mol. The maximum Gasteiger partial charge on any atom is 0.00440 e. The third-order valence-corrected chi connectivity index (χ3v) is 3.84. The van der Waals surface area contributed by atoms with E-state index in [9.17, 15) is 0 Å². The van der Waals surface area contributed by atoms with Gasteiger partial charge in [0.1, 0.15) is 0 Å². The summed E-state index contributed by atoms with van der Waals surface area (Å²) in [4.78, 5) is 0. The maximum absolute atomic E-state index is 3.33. The SMILES string of the molecule is CNC(C)CC(C)(C)c1ccc(C(C)(C)C)cc1. The molecule has 102 valence electrons. The van der Waals surface area contributed by atoms with Gasteiger partial charge in [0.25, 0.3) is 0 Å². The average molecular weight is 247 g/mol. The highest BCUT2D eigenvalue weighted by Gasteiger charge is 2.23. The van der Waals surface area contributed by atoms with Crippen molar-refractivity contribution in [3.8, 4) is 0 Å². The third-order valence-electron chi connectivity index (χ3n) is 3.84. The Balaban J connectivity index is 2.90. The number of hydrogen-bond acceptors (Lipinski definition) is 1. The molecular formula is C17H29N. The average Bonchev–Trinajstić information content (AvgIpc) is 2.27. The summed E-state index contributed by atoms with van der Waals surface area (Å²) in [5, 5.41) is 3.33. The molecule has 0 aliphatic carbocycles. The van der Waals surface area contributed by atoms with Crippen molar-refractivity contribution in [3.05, 3.63) is 35.4 Å². The lowest BCUT2D eigenvalue weighted by Crippen LogP contribution is -2.30. The third kappa shape index (κ3) is 3.84. The fourth-order valence-corrected chi connectivity index (χ4v) is 2.41. The highest BCUT2D eigenvalue weighted by atomic mass is 14.9. The van der Waals surface area contributed by atoms with E-state index in [4.69, 9.17) is 0 Å². The topological polar surface area (TPSA) is 12.0 Å². The van der Waals surface area contributed by atoms with Gasteiger partial charge in [-0.1, -0.05) is 58.9 Å². The molecule has 1 aromatic rings. The molecule has 0 spiro atoms. The smallest absolute Gasteiger partial charge is 0.00440 e. The quantitative estimate of drug-likeness (QED) is 0.838. The van der Waals surface area contributed by atoms with Crippen molar-refractivity contribution < 1.29 is 0 Å². The molecule has 1 unspecified atom stereocenters. The molecular weight excluding hydrogens is 218 g/mol. The summed E-state index contributed by atoms with van der Waals surface area (Å²) in [5.41, 5.74) is 3.29. The second-order valence-electron chi connectivity index (χ2n) is 7.11. The molecule has 0 saturated heterocycles. The first-order valence-corrected chi connectivity index (χ1v) is 6.95. The Bertz CT molecular complexity index is 368. The summed E-state index contributed by atoms with van der Waals surface area (Å²) in [6, 6.07) is 9.69. The molecule has 0 radical (unpaired) electrons. The number of benzene rings is 1. The lowest BCUT2D eigenvalue weighted by atomic mass is 9.77. The van der Waals surface area contributed by atoms with Crippen LogP contribution in [0, 0.1) is 0 Å². The van der Waals surface area contributed by atoms with Crippen LogP contribution in [-0.2, 0) is 10.8 Å². The Kier molecular flexibility index (Phi) is 4.61. The molecule has 1 N–H and O–H groups in total. The van der Waals surface area contributed by atoms with Crippen molar-refractivity contribution in [2.24, 2.45) is 0 Å². The fraction of sp³-hybridized carbons (Fsp3) is 0.647. The standard InChI is InChI=1S/C17H29N/c1-13(18-7)12-17(5,6)15-10-8-14(9-11-15)16(2,3)4/h8-11,13,18H,12H2,1-7H3. The van der Waals surface area contributed by atoms with E-state index in [2.05, 4.69) is 71.1 Å². The number of nitrogens with one attached hydrogen (secondary N) is 1. The summed E-state index contributed by atoms with van der Waals surface area (Å²) in [6.45, 7) is 13.7. The lowest BCUT2D eigenvalue weighted by Gasteiger charge is -2.29. The van der Waals surface area contributed by atoms with Gasteiger partial charge in [0, 0.05) is 6.04 Å². The second kappa shape index (κ2) is 5.44. The van der Waals surface area contributed by atoms with Gasteiger partial charge in [-0.05, 0) is 42.3 Å². The van der Waals surface area contributed by atoms with Crippen molar-refractivity contribution in [2.45, 2.75) is 64.8 Å². The van der Waals surface area contributed by atoms with Crippen LogP contribution in [0.25, 0.3) is 0 Å². The minimum absolute atomic E-state index is 0.221. The van der Waals surface area contributed by atoms with Crippen LogP contribution < -0.4 is 5.32 Å². The Hall–Kier alpha value is -0.820. The number of hydrogen-bond donors (Lipinski definition) is 1. The van der Waals surface area contributed by atoms with E-state index in [1.807, 2.05) is 7.05 Å². The Morgan fingerprint density at radius 2 is 1.39 bits per heavy atom. The van der Waals surface area contributed by atoms with E-state index in [0.29, 0.717) is 6.04 Å². The van der Waals surface area contributed by atoms with Crippen LogP contribution in [0.4, 0.5) is 0 Å². The summed E-state index contributed by atoms with van der Waals surface area (Å²) in [6.07, 6.45) is 1.15. The summed E-state index contributed by atoms with van der Waals surface area (Å²) < 4.78 is 0. The van der Waals surface area contributed by atoms with E-state index in [1.54, 1.807) is 0 Å². The van der Waals surface area contributed by atoms with E-state index >= 15 is 0 Å². The van der Waals surface area contributed by atoms with Crippen molar-refractivity contribution in [2.75, 3.05) is 7.05 Å². The van der Waals surface area contributed by atoms with Crippen LogP contribution in [0.15, 0.2) is 24.3 Å². The molecule has 0 amide bonds. The molecule has 18 heavy (non-hydrogen) atoms. The summed E-state index contributed by atoms with van der Waals surface area (Å²) in [5.74, 6) is 0. The van der Waals surface area contributed by atoms with Gasteiger partial charge < -0.3 is 5.32 Å². The van der Waals surface area contributed by atoms with Gasteiger partial charge in [0.2, 0.25) is 0 Å². The van der Waals surface area contributed by atoms with Crippen LogP contribution in [0.2, 0.25) is 0 Å². The van der Waals surface area contributed by atoms with Crippen LogP contribution in [0.1, 0.15) is 59.1 Å². The predicted molar refractivity (Wildman–Crippen MR) is 81.3 cm³/mol. The van der Waals surface area contributed by atoms with E-state index < -0.39 is 0 Å². The van der Waals surface area contributed by atoms with Gasteiger partial charge >= 0.3 is 0 Å². The number of rotatable bonds is 4. The fourth-order valence-electron chi connectivity index (χ4n) is 2.41. The summed E-state index contributed by atoms with van der Waals surface area (Å²) in [7, 11) is 2.03. The van der Waals surface area contributed by atoms with Crippen LogP contribution in [0.5, 0.6) is 0 Å². The molecule has 1 aromatic carbocycles. The van der Waals surface area contributed by atoms with Crippen LogP contribution in [-0.4, -0.2) is 13.1 Å². The molecule has 0 saturated carbocycles. The molecule has 1 atom stereocenters. The largest absolute Gasteiger partial charge is 0.317 e. The minimum atomic E-state index is 0.221. The zero-order valence-electron chi connectivity index (χ0n) is 13.1. The zero-order chi connectivity index (χ0) is 14.0. The Morgan fingerprint density at radius 3 is 1.78 bits per heavy atom. The Labute approximate surface area is 113 Å². The molecule has 1 nitrogen and oxygen atoms in total. The first-order chi connectivity index (χ1) is 8.16. The maximum atomic E-state index is 3.33. The molecule has 0 bridgehead atoms. The van der Waals surface area contributed by atoms with Crippen molar-refractivity contribution in [3.63, 3.8) is 0 Å². The van der Waals surface area contributed by atoms with Gasteiger partial charge in [-0.2, -0.15) is 0 Å². The molecule has 0 aliphatic rings. The normalized spacial score (nSPS) is 14.6. The predicted octanol–water partition coefficient (Wildman–Crippen LogP) is 4.26.